The predicted octanol–water partition coefficient (Wildman–Crippen LogP) is 2.85. The van der Waals surface area contributed by atoms with E-state index in [-0.39, 0.29) is 5.22 Å². The monoisotopic (exact) mass is 306 g/mol. The molecule has 0 saturated carbocycles. The first-order valence-corrected chi connectivity index (χ1v) is 11.4. The smallest absolute Gasteiger partial charge is 0.210 e. The van der Waals surface area contributed by atoms with Crippen LogP contribution >= 0.6 is 0 Å². The molecule has 0 bridgehead atoms. The molecule has 1 fully saturated rings. The van der Waals surface area contributed by atoms with E-state index in [2.05, 4.69) is 43.9 Å². The zero-order valence-electron chi connectivity index (χ0n) is 12.9. The van der Waals surface area contributed by atoms with Crippen molar-refractivity contribution in [2.24, 2.45) is 0 Å². The van der Waals surface area contributed by atoms with Crippen molar-refractivity contribution < 1.29 is 9.16 Å². The van der Waals surface area contributed by atoms with E-state index in [1.807, 2.05) is 5.70 Å². The van der Waals surface area contributed by atoms with Crippen molar-refractivity contribution in [3.8, 4) is 0 Å². The van der Waals surface area contributed by atoms with Gasteiger partial charge in [0.25, 0.3) is 0 Å². The molecule has 4 heteroatoms. The molecule has 1 aliphatic rings. The molecule has 20 heavy (non-hydrogen) atoms. The maximum atomic E-state index is 6.05. The maximum absolute atomic E-state index is 6.05. The third kappa shape index (κ3) is 3.91. The van der Waals surface area contributed by atoms with Gasteiger partial charge in [0.05, 0.1) is 11.8 Å². The Labute approximate surface area is 126 Å². The van der Waals surface area contributed by atoms with E-state index in [0.717, 1.165) is 16.8 Å². The van der Waals surface area contributed by atoms with E-state index in [1.165, 1.54) is 30.4 Å². The Bertz CT molecular complexity index is 448. The van der Waals surface area contributed by atoms with Gasteiger partial charge >= 0.3 is 0 Å². The molecule has 1 aliphatic heterocycles. The van der Waals surface area contributed by atoms with Crippen molar-refractivity contribution in [1.29, 1.82) is 0 Å². The van der Waals surface area contributed by atoms with Gasteiger partial charge in [-0.1, -0.05) is 30.0 Å². The highest BCUT2D eigenvalue weighted by atomic mass is 28.4. The van der Waals surface area contributed by atoms with Crippen LogP contribution in [0.1, 0.15) is 30.4 Å². The molecule has 2 rings (SSSR count). The minimum Gasteiger partial charge on any atom is -0.409 e. The number of hydrogen-bond donors (Lipinski definition) is 0. The summed E-state index contributed by atoms with van der Waals surface area (Å²) in [7, 11) is -0.624. The summed E-state index contributed by atoms with van der Waals surface area (Å²) >= 11 is 0. The molecule has 1 unspecified atom stereocenters. The molecule has 0 aromatic heterocycles. The molecule has 1 aromatic carbocycles. The minimum atomic E-state index is -1.67. The van der Waals surface area contributed by atoms with Crippen molar-refractivity contribution in [2.75, 3.05) is 6.61 Å². The molecule has 1 heterocycles. The fourth-order valence-electron chi connectivity index (χ4n) is 2.44. The fourth-order valence-corrected chi connectivity index (χ4v) is 3.99. The van der Waals surface area contributed by atoms with E-state index < -0.39 is 8.32 Å². The highest BCUT2D eigenvalue weighted by Crippen LogP contribution is 2.32. The lowest BCUT2D eigenvalue weighted by molar-refractivity contribution is -0.0210. The quantitative estimate of drug-likeness (QED) is 0.779. The summed E-state index contributed by atoms with van der Waals surface area (Å²) in [5.41, 5.74) is 4.55. The summed E-state index contributed by atoms with van der Waals surface area (Å²) in [4.78, 5) is 0. The number of benzene rings is 1. The summed E-state index contributed by atoms with van der Waals surface area (Å²) in [6.45, 7) is 9.77. The van der Waals surface area contributed by atoms with Crippen molar-refractivity contribution in [2.45, 2.75) is 44.2 Å². The minimum absolute atomic E-state index is 0.0345. The maximum Gasteiger partial charge on any atom is 0.210 e. The SMILES string of the molecule is C=C[Si](C)(C)OCc1ccc(C2([SiH3])CCCCO2)cc1. The summed E-state index contributed by atoms with van der Waals surface area (Å²) in [5.74, 6) is 0. The second kappa shape index (κ2) is 6.39. The highest BCUT2D eigenvalue weighted by Gasteiger charge is 2.29. The summed E-state index contributed by atoms with van der Waals surface area (Å²) < 4.78 is 12.0. The van der Waals surface area contributed by atoms with Crippen LogP contribution in [0, 0.1) is 0 Å². The molecule has 1 saturated heterocycles. The molecule has 0 spiro atoms. The van der Waals surface area contributed by atoms with Crippen LogP contribution in [0.25, 0.3) is 0 Å². The average molecular weight is 307 g/mol. The van der Waals surface area contributed by atoms with Gasteiger partial charge < -0.3 is 9.16 Å². The molecule has 110 valence electrons. The third-order valence-electron chi connectivity index (χ3n) is 4.14. The van der Waals surface area contributed by atoms with Gasteiger partial charge in [-0.25, -0.2) is 0 Å². The largest absolute Gasteiger partial charge is 0.409 e. The third-order valence-corrected chi connectivity index (χ3v) is 7.37. The Hall–Kier alpha value is -0.686. The lowest BCUT2D eigenvalue weighted by atomic mass is 9.99. The van der Waals surface area contributed by atoms with Crippen LogP contribution in [0.3, 0.4) is 0 Å². The van der Waals surface area contributed by atoms with Crippen molar-refractivity contribution in [3.05, 3.63) is 47.7 Å². The Morgan fingerprint density at radius 2 is 2.05 bits per heavy atom. The first-order chi connectivity index (χ1) is 9.45. The van der Waals surface area contributed by atoms with Crippen molar-refractivity contribution in [3.63, 3.8) is 0 Å². The summed E-state index contributed by atoms with van der Waals surface area (Å²) in [6, 6.07) is 8.81. The Morgan fingerprint density at radius 3 is 2.60 bits per heavy atom. The van der Waals surface area contributed by atoms with E-state index >= 15 is 0 Å². The molecule has 0 N–H and O–H groups in total. The average Bonchev–Trinajstić information content (AvgIpc) is 2.47. The topological polar surface area (TPSA) is 18.5 Å². The van der Waals surface area contributed by atoms with E-state index in [1.54, 1.807) is 0 Å². The van der Waals surface area contributed by atoms with Gasteiger partial charge in [0.2, 0.25) is 8.32 Å². The fraction of sp³-hybridized carbons (Fsp3) is 0.500. The predicted molar refractivity (Wildman–Crippen MR) is 90.3 cm³/mol. The molecule has 0 aliphatic carbocycles. The van der Waals surface area contributed by atoms with Crippen LogP contribution in [0.2, 0.25) is 13.1 Å². The van der Waals surface area contributed by atoms with E-state index in [4.69, 9.17) is 9.16 Å². The summed E-state index contributed by atoms with van der Waals surface area (Å²) in [5, 5.41) is 0.0345. The molecular weight excluding hydrogens is 280 g/mol. The summed E-state index contributed by atoms with van der Waals surface area (Å²) in [6.07, 6.45) is 3.66. The number of hydrogen-bond acceptors (Lipinski definition) is 2. The van der Waals surface area contributed by atoms with Crippen LogP contribution in [-0.2, 0) is 21.0 Å². The molecular formula is C16H26O2Si2. The van der Waals surface area contributed by atoms with Crippen LogP contribution < -0.4 is 0 Å². The van der Waals surface area contributed by atoms with Crippen LogP contribution in [0.4, 0.5) is 0 Å². The van der Waals surface area contributed by atoms with Gasteiger partial charge in [0.15, 0.2) is 0 Å². The Kier molecular flexibility index (Phi) is 5.01. The van der Waals surface area contributed by atoms with Gasteiger partial charge in [0.1, 0.15) is 0 Å². The second-order valence-corrected chi connectivity index (χ2v) is 11.8. The number of ether oxygens (including phenoxy) is 1. The zero-order chi connectivity index (χ0) is 14.6. The molecule has 0 radical (unpaired) electrons. The first-order valence-electron chi connectivity index (χ1n) is 7.46. The van der Waals surface area contributed by atoms with E-state index in [9.17, 15) is 0 Å². The zero-order valence-corrected chi connectivity index (χ0v) is 15.9. The van der Waals surface area contributed by atoms with Gasteiger partial charge in [-0.05, 0) is 43.5 Å². The van der Waals surface area contributed by atoms with Gasteiger partial charge in [0, 0.05) is 16.8 Å². The molecule has 2 nitrogen and oxygen atoms in total. The molecule has 1 aromatic rings. The van der Waals surface area contributed by atoms with Crippen LogP contribution in [0.5, 0.6) is 0 Å². The lowest BCUT2D eigenvalue weighted by Gasteiger charge is -2.34. The number of rotatable bonds is 5. The standard InChI is InChI=1S/C16H26O2Si2/c1-4-20(2,3)18-13-14-7-9-15(10-8-14)16(19)11-5-6-12-17-16/h4,7-10H,1,5-6,11-13H2,2-3,19H3. The Balaban J connectivity index is 2.01. The normalized spacial score (nSPS) is 23.7. The van der Waals surface area contributed by atoms with Crippen LogP contribution in [0.15, 0.2) is 36.5 Å². The lowest BCUT2D eigenvalue weighted by Crippen LogP contribution is -2.34. The van der Waals surface area contributed by atoms with Gasteiger partial charge in [-0.2, -0.15) is 0 Å². The molecule has 0 amide bonds. The van der Waals surface area contributed by atoms with E-state index in [0.29, 0.717) is 6.61 Å². The van der Waals surface area contributed by atoms with Crippen LogP contribution in [-0.4, -0.2) is 25.2 Å². The highest BCUT2D eigenvalue weighted by molar-refractivity contribution is 6.76. The van der Waals surface area contributed by atoms with Crippen molar-refractivity contribution >= 4 is 18.6 Å². The first kappa shape index (κ1) is 15.7. The molecule has 1 atom stereocenters. The second-order valence-electron chi connectivity index (χ2n) is 6.33. The Morgan fingerprint density at radius 1 is 1.35 bits per heavy atom. The van der Waals surface area contributed by atoms with Gasteiger partial charge in [-0.3, -0.25) is 0 Å². The van der Waals surface area contributed by atoms with Gasteiger partial charge in [-0.15, -0.1) is 6.58 Å². The van der Waals surface area contributed by atoms with Crippen molar-refractivity contribution in [1.82, 2.24) is 0 Å².